The fourth-order valence-corrected chi connectivity index (χ4v) is 1.74. The Balaban J connectivity index is 1.98. The zero-order valence-electron chi connectivity index (χ0n) is 9.45. The van der Waals surface area contributed by atoms with Gasteiger partial charge in [-0.25, -0.2) is 9.40 Å². The fourth-order valence-electron chi connectivity index (χ4n) is 1.74. The number of ether oxygens (including phenoxy) is 1. The number of nitriles is 1. The van der Waals surface area contributed by atoms with Crippen molar-refractivity contribution in [1.29, 1.82) is 5.26 Å². The Hall–Kier alpha value is -1.48. The van der Waals surface area contributed by atoms with E-state index in [0.717, 1.165) is 13.1 Å². The summed E-state index contributed by atoms with van der Waals surface area (Å²) in [6.45, 7) is 3.46. The van der Waals surface area contributed by atoms with Gasteiger partial charge in [-0.2, -0.15) is 5.26 Å². The lowest BCUT2D eigenvalue weighted by Gasteiger charge is -2.27. The van der Waals surface area contributed by atoms with E-state index in [2.05, 4.69) is 11.5 Å². The van der Waals surface area contributed by atoms with Crippen LogP contribution < -0.4 is 5.43 Å². The maximum atomic E-state index is 13.1. The van der Waals surface area contributed by atoms with Gasteiger partial charge in [0.25, 0.3) is 0 Å². The summed E-state index contributed by atoms with van der Waals surface area (Å²) in [4.78, 5) is 0. The van der Waals surface area contributed by atoms with Crippen LogP contribution >= 0.6 is 0 Å². The first kappa shape index (κ1) is 12.0. The zero-order valence-corrected chi connectivity index (χ0v) is 9.45. The van der Waals surface area contributed by atoms with Gasteiger partial charge in [0.1, 0.15) is 5.82 Å². The first-order chi connectivity index (χ1) is 8.29. The Morgan fingerprint density at radius 2 is 2.18 bits per heavy atom. The van der Waals surface area contributed by atoms with Gasteiger partial charge in [-0.05, 0) is 23.8 Å². The number of nitrogens with zero attached hydrogens (tertiary/aromatic N) is 2. The molecule has 0 bridgehead atoms. The number of hydrogen-bond acceptors (Lipinski definition) is 4. The summed E-state index contributed by atoms with van der Waals surface area (Å²) in [5, 5.41) is 10.9. The summed E-state index contributed by atoms with van der Waals surface area (Å²) in [5.41, 5.74) is 4.36. The second kappa shape index (κ2) is 5.73. The second-order valence-corrected chi connectivity index (χ2v) is 3.85. The van der Waals surface area contributed by atoms with Crippen LogP contribution in [0, 0.1) is 17.1 Å². The van der Waals surface area contributed by atoms with Crippen LogP contribution in [0.5, 0.6) is 0 Å². The molecular formula is C12H14FN3O. The summed E-state index contributed by atoms with van der Waals surface area (Å²) >= 11 is 0. The van der Waals surface area contributed by atoms with Crippen LogP contribution in [-0.4, -0.2) is 31.3 Å². The summed E-state index contributed by atoms with van der Waals surface area (Å²) in [6, 6.07) is 6.26. The topological polar surface area (TPSA) is 48.3 Å². The third-order valence-corrected chi connectivity index (χ3v) is 2.69. The molecule has 1 heterocycles. The Labute approximate surface area is 99.6 Å². The van der Waals surface area contributed by atoms with Crippen LogP contribution in [0.1, 0.15) is 11.1 Å². The first-order valence-electron chi connectivity index (χ1n) is 5.54. The van der Waals surface area contributed by atoms with Crippen molar-refractivity contribution < 1.29 is 9.13 Å². The maximum Gasteiger partial charge on any atom is 0.123 e. The van der Waals surface area contributed by atoms with E-state index in [0.29, 0.717) is 30.9 Å². The van der Waals surface area contributed by atoms with E-state index in [-0.39, 0.29) is 5.82 Å². The van der Waals surface area contributed by atoms with Gasteiger partial charge >= 0.3 is 0 Å². The molecule has 0 radical (unpaired) electrons. The molecule has 1 N–H and O–H groups in total. The zero-order chi connectivity index (χ0) is 12.1. The highest BCUT2D eigenvalue weighted by molar-refractivity contribution is 5.37. The molecule has 0 unspecified atom stereocenters. The molecule has 1 aliphatic rings. The van der Waals surface area contributed by atoms with Crippen LogP contribution in [-0.2, 0) is 11.3 Å². The molecule has 5 heteroatoms. The van der Waals surface area contributed by atoms with Crippen molar-refractivity contribution in [2.75, 3.05) is 26.3 Å². The van der Waals surface area contributed by atoms with Crippen LogP contribution in [0.15, 0.2) is 18.2 Å². The predicted octanol–water partition coefficient (Wildman–Crippen LogP) is 1.03. The molecule has 17 heavy (non-hydrogen) atoms. The van der Waals surface area contributed by atoms with Gasteiger partial charge < -0.3 is 4.74 Å². The highest BCUT2D eigenvalue weighted by Crippen LogP contribution is 2.10. The average Bonchev–Trinajstić information content (AvgIpc) is 2.38. The van der Waals surface area contributed by atoms with Crippen molar-refractivity contribution in [1.82, 2.24) is 10.4 Å². The molecule has 0 aliphatic carbocycles. The number of nitrogens with one attached hydrogen (secondary N) is 1. The first-order valence-corrected chi connectivity index (χ1v) is 5.54. The van der Waals surface area contributed by atoms with Crippen LogP contribution in [0.4, 0.5) is 4.39 Å². The van der Waals surface area contributed by atoms with E-state index in [1.54, 1.807) is 0 Å². The molecule has 1 aliphatic heterocycles. The standard InChI is InChI=1S/C12H14FN3O/c13-12-2-1-10(8-14)11(7-12)9-15-16-3-5-17-6-4-16/h1-2,7,15H,3-6,9H2. The smallest absolute Gasteiger partial charge is 0.123 e. The molecule has 0 spiro atoms. The lowest BCUT2D eigenvalue weighted by molar-refractivity contribution is 0.0105. The fraction of sp³-hybridized carbons (Fsp3) is 0.417. The van der Waals surface area contributed by atoms with Gasteiger partial charge in [0.05, 0.1) is 24.8 Å². The number of benzene rings is 1. The molecule has 0 amide bonds. The van der Waals surface area contributed by atoms with Gasteiger partial charge in [0.15, 0.2) is 0 Å². The van der Waals surface area contributed by atoms with Crippen molar-refractivity contribution >= 4 is 0 Å². The number of rotatable bonds is 3. The summed E-state index contributed by atoms with van der Waals surface area (Å²) < 4.78 is 18.3. The Morgan fingerprint density at radius 3 is 2.88 bits per heavy atom. The Kier molecular flexibility index (Phi) is 4.04. The van der Waals surface area contributed by atoms with Gasteiger partial charge in [0.2, 0.25) is 0 Å². The lowest BCUT2D eigenvalue weighted by Crippen LogP contribution is -2.45. The van der Waals surface area contributed by atoms with Crippen molar-refractivity contribution in [3.63, 3.8) is 0 Å². The SMILES string of the molecule is N#Cc1ccc(F)cc1CNN1CCOCC1. The second-order valence-electron chi connectivity index (χ2n) is 3.85. The molecule has 0 saturated carbocycles. The van der Waals surface area contributed by atoms with Gasteiger partial charge in [0, 0.05) is 19.6 Å². The molecule has 1 saturated heterocycles. The highest BCUT2D eigenvalue weighted by Gasteiger charge is 2.10. The molecule has 0 aromatic heterocycles. The minimum absolute atomic E-state index is 0.317. The van der Waals surface area contributed by atoms with Crippen LogP contribution in [0.25, 0.3) is 0 Å². The van der Waals surface area contributed by atoms with Crippen molar-refractivity contribution in [2.45, 2.75) is 6.54 Å². The third-order valence-electron chi connectivity index (χ3n) is 2.69. The highest BCUT2D eigenvalue weighted by atomic mass is 19.1. The minimum atomic E-state index is -0.317. The quantitative estimate of drug-likeness (QED) is 0.850. The summed E-state index contributed by atoms with van der Waals surface area (Å²) in [5.74, 6) is -0.317. The average molecular weight is 235 g/mol. The van der Waals surface area contributed by atoms with E-state index < -0.39 is 0 Å². The normalized spacial score (nSPS) is 16.7. The lowest BCUT2D eigenvalue weighted by atomic mass is 10.1. The van der Waals surface area contributed by atoms with Crippen molar-refractivity contribution in [2.24, 2.45) is 0 Å². The molecule has 1 aromatic carbocycles. The van der Waals surface area contributed by atoms with Crippen LogP contribution in [0.2, 0.25) is 0 Å². The molecule has 90 valence electrons. The number of morpholine rings is 1. The van der Waals surface area contributed by atoms with Gasteiger partial charge in [-0.3, -0.25) is 5.43 Å². The third kappa shape index (κ3) is 3.24. The molecular weight excluding hydrogens is 221 g/mol. The van der Waals surface area contributed by atoms with Gasteiger partial charge in [-0.15, -0.1) is 0 Å². The Bertz CT molecular complexity index is 424. The summed E-state index contributed by atoms with van der Waals surface area (Å²) in [7, 11) is 0. The molecule has 1 aromatic rings. The van der Waals surface area contributed by atoms with Crippen molar-refractivity contribution in [3.05, 3.63) is 35.1 Å². The molecule has 0 atom stereocenters. The summed E-state index contributed by atoms with van der Waals surface area (Å²) in [6.07, 6.45) is 0. The monoisotopic (exact) mass is 235 g/mol. The predicted molar refractivity (Wildman–Crippen MR) is 60.3 cm³/mol. The van der Waals surface area contributed by atoms with Crippen LogP contribution in [0.3, 0.4) is 0 Å². The number of halogens is 1. The number of hydrogen-bond donors (Lipinski definition) is 1. The van der Waals surface area contributed by atoms with Crippen molar-refractivity contribution in [3.8, 4) is 6.07 Å². The van der Waals surface area contributed by atoms with E-state index in [4.69, 9.17) is 10.00 Å². The molecule has 1 fully saturated rings. The van der Waals surface area contributed by atoms with E-state index in [1.807, 2.05) is 5.01 Å². The minimum Gasteiger partial charge on any atom is -0.379 e. The van der Waals surface area contributed by atoms with E-state index in [1.165, 1.54) is 18.2 Å². The van der Waals surface area contributed by atoms with E-state index >= 15 is 0 Å². The van der Waals surface area contributed by atoms with Gasteiger partial charge in [-0.1, -0.05) is 0 Å². The largest absolute Gasteiger partial charge is 0.379 e. The number of hydrazine groups is 1. The maximum absolute atomic E-state index is 13.1. The molecule has 2 rings (SSSR count). The molecule has 4 nitrogen and oxygen atoms in total. The Morgan fingerprint density at radius 1 is 1.41 bits per heavy atom. The van der Waals surface area contributed by atoms with E-state index in [9.17, 15) is 4.39 Å².